The van der Waals surface area contributed by atoms with Gasteiger partial charge in [0.15, 0.2) is 5.82 Å². The minimum absolute atomic E-state index is 0.0578. The van der Waals surface area contributed by atoms with Crippen LogP contribution < -0.4 is 4.72 Å². The van der Waals surface area contributed by atoms with E-state index in [2.05, 4.69) is 25.3 Å². The molecule has 1 aromatic heterocycles. The van der Waals surface area contributed by atoms with Crippen molar-refractivity contribution < 1.29 is 18.3 Å². The molecular formula is C8H14N6O4S. The number of carboxylic acids is 1. The normalized spacial score (nSPS) is 18.5. The average molecular weight is 290 g/mol. The lowest BCUT2D eigenvalue weighted by atomic mass is 9.99. The first-order chi connectivity index (χ1) is 8.99. The van der Waals surface area contributed by atoms with Crippen molar-refractivity contribution in [2.75, 3.05) is 13.1 Å². The summed E-state index contributed by atoms with van der Waals surface area (Å²) < 4.78 is 27.4. The maximum atomic E-state index is 11.9. The Morgan fingerprint density at radius 3 is 2.68 bits per heavy atom. The fraction of sp³-hybridized carbons (Fsp3) is 0.750. The van der Waals surface area contributed by atoms with Crippen LogP contribution in [0.2, 0.25) is 0 Å². The molecule has 0 aromatic carbocycles. The Labute approximate surface area is 109 Å². The van der Waals surface area contributed by atoms with Crippen molar-refractivity contribution >= 4 is 16.2 Å². The number of aromatic nitrogens is 4. The highest BCUT2D eigenvalue weighted by atomic mass is 32.2. The fourth-order valence-electron chi connectivity index (χ4n) is 1.85. The van der Waals surface area contributed by atoms with Gasteiger partial charge >= 0.3 is 5.97 Å². The molecule has 0 amide bonds. The summed E-state index contributed by atoms with van der Waals surface area (Å²) in [7, 11) is -3.64. The van der Waals surface area contributed by atoms with Crippen LogP contribution in [0.4, 0.5) is 0 Å². The van der Waals surface area contributed by atoms with Crippen molar-refractivity contribution in [2.24, 2.45) is 5.92 Å². The monoisotopic (exact) mass is 290 g/mol. The van der Waals surface area contributed by atoms with Crippen molar-refractivity contribution in [3.63, 3.8) is 0 Å². The van der Waals surface area contributed by atoms with Gasteiger partial charge in [0, 0.05) is 13.1 Å². The van der Waals surface area contributed by atoms with Crippen LogP contribution in [0, 0.1) is 5.92 Å². The van der Waals surface area contributed by atoms with Crippen LogP contribution in [0.1, 0.15) is 18.7 Å². The van der Waals surface area contributed by atoms with Gasteiger partial charge in [-0.1, -0.05) is 5.21 Å². The molecule has 3 N–H and O–H groups in total. The number of rotatable bonds is 5. The van der Waals surface area contributed by atoms with Gasteiger partial charge in [-0.2, -0.15) is 22.7 Å². The number of carbonyl (C=O) groups is 1. The number of aliphatic carboxylic acids is 1. The Kier molecular flexibility index (Phi) is 4.07. The second-order valence-corrected chi connectivity index (χ2v) is 5.92. The molecule has 2 heterocycles. The number of carboxylic acid groups (broad SMARTS) is 1. The smallest absolute Gasteiger partial charge is 0.306 e. The Hall–Kier alpha value is -1.59. The molecule has 1 aliphatic heterocycles. The largest absolute Gasteiger partial charge is 0.481 e. The first-order valence-electron chi connectivity index (χ1n) is 5.69. The molecule has 0 unspecified atom stereocenters. The Morgan fingerprint density at radius 2 is 2.16 bits per heavy atom. The first kappa shape index (κ1) is 13.8. The zero-order valence-electron chi connectivity index (χ0n) is 9.98. The zero-order chi connectivity index (χ0) is 13.9. The van der Waals surface area contributed by atoms with Crippen molar-refractivity contribution in [1.82, 2.24) is 29.7 Å². The topological polar surface area (TPSA) is 141 Å². The lowest BCUT2D eigenvalue weighted by Crippen LogP contribution is -2.45. The molecule has 2 rings (SSSR count). The predicted molar refractivity (Wildman–Crippen MR) is 61.9 cm³/mol. The SMILES string of the molecule is O=C(O)C1CCN(S(=O)(=O)NCc2nn[nH]n2)CC1. The van der Waals surface area contributed by atoms with Crippen molar-refractivity contribution in [1.29, 1.82) is 0 Å². The van der Waals surface area contributed by atoms with E-state index in [0.717, 1.165) is 0 Å². The van der Waals surface area contributed by atoms with E-state index in [4.69, 9.17) is 5.11 Å². The molecule has 0 radical (unpaired) electrons. The standard InChI is InChI=1S/C8H14N6O4S/c15-8(16)6-1-3-14(4-2-6)19(17,18)9-5-7-10-12-13-11-7/h6,9H,1-5H2,(H,15,16)(H,10,11,12,13). The van der Waals surface area contributed by atoms with Crippen molar-refractivity contribution in [2.45, 2.75) is 19.4 Å². The fourth-order valence-corrected chi connectivity index (χ4v) is 3.03. The molecule has 0 spiro atoms. The lowest BCUT2D eigenvalue weighted by Gasteiger charge is -2.29. The van der Waals surface area contributed by atoms with E-state index >= 15 is 0 Å². The van der Waals surface area contributed by atoms with Crippen molar-refractivity contribution in [3.05, 3.63) is 5.82 Å². The Bertz CT molecular complexity index is 521. The third kappa shape index (κ3) is 3.45. The summed E-state index contributed by atoms with van der Waals surface area (Å²) in [5.74, 6) is -1.11. The van der Waals surface area contributed by atoms with Gasteiger partial charge in [-0.15, -0.1) is 10.2 Å². The number of hydrogen-bond acceptors (Lipinski definition) is 6. The third-order valence-electron chi connectivity index (χ3n) is 2.94. The molecule has 0 bridgehead atoms. The number of nitrogens with one attached hydrogen (secondary N) is 2. The number of hydrogen-bond donors (Lipinski definition) is 3. The zero-order valence-corrected chi connectivity index (χ0v) is 10.8. The molecule has 1 aliphatic rings. The number of piperidine rings is 1. The summed E-state index contributed by atoms with van der Waals surface area (Å²) in [6, 6.07) is 0. The molecule has 11 heteroatoms. The van der Waals surface area contributed by atoms with E-state index in [-0.39, 0.29) is 25.5 Å². The molecule has 1 aromatic rings. The highest BCUT2D eigenvalue weighted by molar-refractivity contribution is 7.87. The van der Waals surface area contributed by atoms with Crippen LogP contribution in [-0.2, 0) is 21.5 Å². The van der Waals surface area contributed by atoms with Gasteiger partial charge < -0.3 is 5.11 Å². The Morgan fingerprint density at radius 1 is 1.47 bits per heavy atom. The second-order valence-electron chi connectivity index (χ2n) is 4.17. The van der Waals surface area contributed by atoms with Crippen LogP contribution in [0.3, 0.4) is 0 Å². The molecular weight excluding hydrogens is 276 g/mol. The third-order valence-corrected chi connectivity index (χ3v) is 4.50. The molecule has 10 nitrogen and oxygen atoms in total. The van der Waals surface area contributed by atoms with Crippen LogP contribution in [-0.4, -0.2) is 57.5 Å². The molecule has 0 atom stereocenters. The van der Waals surface area contributed by atoms with Gasteiger partial charge in [-0.05, 0) is 12.8 Å². The summed E-state index contributed by atoms with van der Waals surface area (Å²) in [6.07, 6.45) is 0.636. The van der Waals surface area contributed by atoms with Crippen LogP contribution in [0.5, 0.6) is 0 Å². The highest BCUT2D eigenvalue weighted by Crippen LogP contribution is 2.19. The molecule has 1 fully saturated rings. The maximum absolute atomic E-state index is 11.9. The van der Waals surface area contributed by atoms with Crippen LogP contribution in [0.15, 0.2) is 0 Å². The predicted octanol–water partition coefficient (Wildman–Crippen LogP) is -1.67. The summed E-state index contributed by atoms with van der Waals surface area (Å²) in [5, 5.41) is 21.6. The minimum Gasteiger partial charge on any atom is -0.481 e. The van der Waals surface area contributed by atoms with Gasteiger partial charge in [0.25, 0.3) is 10.2 Å². The van der Waals surface area contributed by atoms with Gasteiger partial charge in [-0.25, -0.2) is 0 Å². The molecule has 1 saturated heterocycles. The summed E-state index contributed by atoms with van der Waals surface area (Å²) >= 11 is 0. The first-order valence-corrected chi connectivity index (χ1v) is 7.13. The molecule has 0 saturated carbocycles. The van der Waals surface area contributed by atoms with Gasteiger partial charge in [0.1, 0.15) is 0 Å². The molecule has 106 valence electrons. The molecule has 0 aliphatic carbocycles. The van der Waals surface area contributed by atoms with E-state index in [1.807, 2.05) is 0 Å². The van der Waals surface area contributed by atoms with E-state index < -0.39 is 22.1 Å². The quantitative estimate of drug-likeness (QED) is 0.588. The van der Waals surface area contributed by atoms with E-state index in [1.54, 1.807) is 0 Å². The summed E-state index contributed by atoms with van der Waals surface area (Å²) in [6.45, 7) is 0.328. The summed E-state index contributed by atoms with van der Waals surface area (Å²) in [4.78, 5) is 10.8. The Balaban J connectivity index is 1.88. The maximum Gasteiger partial charge on any atom is 0.306 e. The molecule has 19 heavy (non-hydrogen) atoms. The van der Waals surface area contributed by atoms with Gasteiger partial charge in [-0.3, -0.25) is 4.79 Å². The summed E-state index contributed by atoms with van der Waals surface area (Å²) in [5.41, 5.74) is 0. The number of H-pyrrole nitrogens is 1. The number of nitrogens with zero attached hydrogens (tertiary/aromatic N) is 4. The average Bonchev–Trinajstić information content (AvgIpc) is 2.90. The number of tetrazole rings is 1. The van der Waals surface area contributed by atoms with Gasteiger partial charge in [0.05, 0.1) is 12.5 Å². The van der Waals surface area contributed by atoms with E-state index in [9.17, 15) is 13.2 Å². The lowest BCUT2D eigenvalue weighted by molar-refractivity contribution is -0.142. The van der Waals surface area contributed by atoms with Crippen LogP contribution in [0.25, 0.3) is 0 Å². The van der Waals surface area contributed by atoms with E-state index in [1.165, 1.54) is 4.31 Å². The van der Waals surface area contributed by atoms with E-state index in [0.29, 0.717) is 12.8 Å². The highest BCUT2D eigenvalue weighted by Gasteiger charge is 2.30. The minimum atomic E-state index is -3.64. The van der Waals surface area contributed by atoms with Crippen molar-refractivity contribution in [3.8, 4) is 0 Å². The second kappa shape index (κ2) is 5.59. The number of aromatic amines is 1. The van der Waals surface area contributed by atoms with Gasteiger partial charge in [0.2, 0.25) is 0 Å². The van der Waals surface area contributed by atoms with Crippen LogP contribution >= 0.6 is 0 Å².